The van der Waals surface area contributed by atoms with Crippen molar-refractivity contribution in [2.45, 2.75) is 19.9 Å². The van der Waals surface area contributed by atoms with Crippen molar-refractivity contribution in [3.05, 3.63) is 71.5 Å². The van der Waals surface area contributed by atoms with E-state index < -0.39 is 18.5 Å². The summed E-state index contributed by atoms with van der Waals surface area (Å²) >= 11 is 0. The third kappa shape index (κ3) is 4.11. The van der Waals surface area contributed by atoms with Gasteiger partial charge in [0, 0.05) is 18.8 Å². The fraction of sp³-hybridized carbons (Fsp3) is 0.227. The van der Waals surface area contributed by atoms with E-state index in [1.807, 2.05) is 49.4 Å². The molecule has 0 aliphatic carbocycles. The molecule has 0 saturated heterocycles. The van der Waals surface area contributed by atoms with Gasteiger partial charge >= 0.3 is 5.97 Å². The van der Waals surface area contributed by atoms with Crippen LogP contribution in [0, 0.1) is 0 Å². The Hall–Kier alpha value is -3.41. The highest BCUT2D eigenvalue weighted by molar-refractivity contribution is 5.98. The van der Waals surface area contributed by atoms with Crippen LogP contribution in [-0.4, -0.2) is 28.8 Å². The van der Waals surface area contributed by atoms with E-state index in [-0.39, 0.29) is 17.5 Å². The number of nitrogens with one attached hydrogen (secondary N) is 1. The molecule has 0 fully saturated rings. The minimum absolute atomic E-state index is 0.142. The van der Waals surface area contributed by atoms with E-state index in [1.54, 1.807) is 13.2 Å². The summed E-state index contributed by atoms with van der Waals surface area (Å²) in [6, 6.07) is 15.1. The van der Waals surface area contributed by atoms with Crippen molar-refractivity contribution in [3.63, 3.8) is 0 Å². The zero-order chi connectivity index (χ0) is 20.3. The average Bonchev–Trinajstić information content (AvgIpc) is 3.07. The summed E-state index contributed by atoms with van der Waals surface area (Å²) in [5.74, 6) is -1.19. The van der Waals surface area contributed by atoms with Gasteiger partial charge in [-0.15, -0.1) is 0 Å². The Labute approximate surface area is 163 Å². The van der Waals surface area contributed by atoms with Crippen molar-refractivity contribution in [1.29, 1.82) is 0 Å². The first-order valence-corrected chi connectivity index (χ1v) is 8.98. The molecule has 3 rings (SSSR count). The Morgan fingerprint density at radius 3 is 2.54 bits per heavy atom. The van der Waals surface area contributed by atoms with Crippen molar-refractivity contribution < 1.29 is 19.1 Å². The number of aromatic nitrogens is 1. The number of carbonyl (C=O) groups is 3. The molecule has 1 N–H and O–H groups in total. The number of ether oxygens (including phenoxy) is 1. The molecular formula is C22H22N2O4. The lowest BCUT2D eigenvalue weighted by Gasteiger charge is -2.16. The van der Waals surface area contributed by atoms with E-state index >= 15 is 0 Å². The van der Waals surface area contributed by atoms with Crippen molar-refractivity contribution in [2.75, 3.05) is 6.61 Å². The topological polar surface area (TPSA) is 77.4 Å². The van der Waals surface area contributed by atoms with Crippen LogP contribution < -0.4 is 5.32 Å². The SMILES string of the molecule is CC(=O)c1cc(C(=O)OCC(=O)N[C@@H](C)c2cccc3ccccc23)n(C)c1. The van der Waals surface area contributed by atoms with Crippen molar-refractivity contribution >= 4 is 28.4 Å². The number of carbonyl (C=O) groups excluding carboxylic acids is 3. The molecule has 0 unspecified atom stereocenters. The van der Waals surface area contributed by atoms with Crippen LogP contribution in [0.15, 0.2) is 54.7 Å². The molecule has 3 aromatic rings. The van der Waals surface area contributed by atoms with Gasteiger partial charge in [0.15, 0.2) is 12.4 Å². The number of fused-ring (bicyclic) bond motifs is 1. The molecule has 28 heavy (non-hydrogen) atoms. The molecule has 0 aliphatic rings. The van der Waals surface area contributed by atoms with Gasteiger partial charge in [0.2, 0.25) is 0 Å². The summed E-state index contributed by atoms with van der Waals surface area (Å²) in [6.07, 6.45) is 1.56. The Kier molecular flexibility index (Phi) is 5.59. The summed E-state index contributed by atoms with van der Waals surface area (Å²) in [7, 11) is 1.64. The first kappa shape index (κ1) is 19.4. The molecule has 6 heteroatoms. The zero-order valence-electron chi connectivity index (χ0n) is 16.1. The van der Waals surface area contributed by atoms with Crippen LogP contribution in [0.5, 0.6) is 0 Å². The smallest absolute Gasteiger partial charge is 0.355 e. The predicted molar refractivity (Wildman–Crippen MR) is 106 cm³/mol. The van der Waals surface area contributed by atoms with Gasteiger partial charge in [0.1, 0.15) is 5.69 Å². The Balaban J connectivity index is 1.62. The van der Waals surface area contributed by atoms with Crippen molar-refractivity contribution in [1.82, 2.24) is 9.88 Å². The Morgan fingerprint density at radius 2 is 1.82 bits per heavy atom. The molecule has 0 radical (unpaired) electrons. The standard InChI is InChI=1S/C22H22N2O4/c1-14(18-10-6-8-16-7-4-5-9-19(16)18)23-21(26)13-28-22(27)20-11-17(15(2)25)12-24(20)3/h4-12,14H,13H2,1-3H3,(H,23,26)/t14-/m0/s1. The number of Topliss-reactive ketones (excluding diaryl/α,β-unsaturated/α-hetero) is 1. The van der Waals surface area contributed by atoms with E-state index in [4.69, 9.17) is 4.74 Å². The van der Waals surface area contributed by atoms with E-state index in [1.165, 1.54) is 17.6 Å². The summed E-state index contributed by atoms with van der Waals surface area (Å²) < 4.78 is 6.61. The Bertz CT molecular complexity index is 1050. The molecular weight excluding hydrogens is 356 g/mol. The van der Waals surface area contributed by atoms with Crippen LogP contribution in [0.25, 0.3) is 10.8 Å². The number of ketones is 1. The lowest BCUT2D eigenvalue weighted by molar-refractivity contribution is -0.124. The minimum Gasteiger partial charge on any atom is -0.451 e. The second-order valence-electron chi connectivity index (χ2n) is 6.71. The molecule has 1 atom stereocenters. The molecule has 0 spiro atoms. The summed E-state index contributed by atoms with van der Waals surface area (Å²) in [5.41, 5.74) is 1.63. The molecule has 1 amide bonds. The predicted octanol–water partition coefficient (Wildman–Crippen LogP) is 3.42. The van der Waals surface area contributed by atoms with Crippen LogP contribution in [0.2, 0.25) is 0 Å². The quantitative estimate of drug-likeness (QED) is 0.527. The molecule has 144 valence electrons. The summed E-state index contributed by atoms with van der Waals surface area (Å²) in [5, 5.41) is 5.02. The number of hydrogen-bond acceptors (Lipinski definition) is 4. The van der Waals surface area contributed by atoms with Gasteiger partial charge in [-0.1, -0.05) is 42.5 Å². The monoisotopic (exact) mass is 378 g/mol. The highest BCUT2D eigenvalue weighted by atomic mass is 16.5. The normalized spacial score (nSPS) is 11.8. The second kappa shape index (κ2) is 8.08. The number of hydrogen-bond donors (Lipinski definition) is 1. The van der Waals surface area contributed by atoms with Crippen LogP contribution in [0.1, 0.15) is 46.3 Å². The number of aryl methyl sites for hydroxylation is 1. The van der Waals surface area contributed by atoms with Crippen LogP contribution in [0.3, 0.4) is 0 Å². The number of nitrogens with zero attached hydrogens (tertiary/aromatic N) is 1. The molecule has 0 saturated carbocycles. The first-order chi connectivity index (χ1) is 13.4. The summed E-state index contributed by atoms with van der Waals surface area (Å²) in [4.78, 5) is 35.9. The molecule has 0 bridgehead atoms. The van der Waals surface area contributed by atoms with Crippen molar-refractivity contribution in [2.24, 2.45) is 7.05 Å². The van der Waals surface area contributed by atoms with Crippen LogP contribution in [-0.2, 0) is 16.6 Å². The van der Waals surface area contributed by atoms with Crippen molar-refractivity contribution in [3.8, 4) is 0 Å². The second-order valence-corrected chi connectivity index (χ2v) is 6.71. The van der Waals surface area contributed by atoms with Gasteiger partial charge in [-0.25, -0.2) is 4.79 Å². The van der Waals surface area contributed by atoms with Gasteiger partial charge in [-0.3, -0.25) is 9.59 Å². The third-order valence-electron chi connectivity index (χ3n) is 4.62. The third-order valence-corrected chi connectivity index (χ3v) is 4.62. The maximum atomic E-state index is 12.2. The molecule has 2 aromatic carbocycles. The fourth-order valence-electron chi connectivity index (χ4n) is 3.15. The maximum absolute atomic E-state index is 12.2. The number of amides is 1. The largest absolute Gasteiger partial charge is 0.451 e. The van der Waals surface area contributed by atoms with Crippen LogP contribution in [0.4, 0.5) is 0 Å². The van der Waals surface area contributed by atoms with E-state index in [9.17, 15) is 14.4 Å². The van der Waals surface area contributed by atoms with Crippen LogP contribution >= 0.6 is 0 Å². The molecule has 0 aliphatic heterocycles. The Morgan fingerprint density at radius 1 is 1.11 bits per heavy atom. The highest BCUT2D eigenvalue weighted by Gasteiger charge is 2.18. The van der Waals surface area contributed by atoms with Gasteiger partial charge in [-0.2, -0.15) is 0 Å². The number of benzene rings is 2. The molecule has 1 aromatic heterocycles. The van der Waals surface area contributed by atoms with E-state index in [0.717, 1.165) is 16.3 Å². The summed E-state index contributed by atoms with van der Waals surface area (Å²) in [6.45, 7) is 2.92. The lowest BCUT2D eigenvalue weighted by Crippen LogP contribution is -2.31. The van der Waals surface area contributed by atoms with Gasteiger partial charge < -0.3 is 14.6 Å². The van der Waals surface area contributed by atoms with E-state index in [2.05, 4.69) is 5.32 Å². The number of rotatable bonds is 6. The maximum Gasteiger partial charge on any atom is 0.355 e. The van der Waals surface area contributed by atoms with Gasteiger partial charge in [0.25, 0.3) is 5.91 Å². The lowest BCUT2D eigenvalue weighted by atomic mass is 10.00. The van der Waals surface area contributed by atoms with Gasteiger partial charge in [-0.05, 0) is 36.2 Å². The molecule has 6 nitrogen and oxygen atoms in total. The fourth-order valence-corrected chi connectivity index (χ4v) is 3.15. The first-order valence-electron chi connectivity index (χ1n) is 8.98. The van der Waals surface area contributed by atoms with E-state index in [0.29, 0.717) is 5.56 Å². The minimum atomic E-state index is -0.650. The average molecular weight is 378 g/mol. The highest BCUT2D eigenvalue weighted by Crippen LogP contribution is 2.23. The number of esters is 1. The molecule has 1 heterocycles. The van der Waals surface area contributed by atoms with Gasteiger partial charge in [0.05, 0.1) is 6.04 Å². The zero-order valence-corrected chi connectivity index (χ0v) is 16.1.